The maximum atomic E-state index is 11.7. The van der Waals surface area contributed by atoms with Gasteiger partial charge >= 0.3 is 5.97 Å². The van der Waals surface area contributed by atoms with E-state index in [0.717, 1.165) is 28.2 Å². The third kappa shape index (κ3) is 1.86. The zero-order valence-electron chi connectivity index (χ0n) is 12.0. The van der Waals surface area contributed by atoms with Gasteiger partial charge in [-0.15, -0.1) is 0 Å². The Morgan fingerprint density at radius 1 is 1.23 bits per heavy atom. The van der Waals surface area contributed by atoms with Crippen LogP contribution >= 0.6 is 0 Å². The number of ether oxygens (including phenoxy) is 2. The molecule has 0 fully saturated rings. The van der Waals surface area contributed by atoms with Crippen molar-refractivity contribution >= 4 is 17.0 Å². The molecule has 1 aliphatic heterocycles. The summed E-state index contributed by atoms with van der Waals surface area (Å²) in [6.07, 6.45) is -0.317. The summed E-state index contributed by atoms with van der Waals surface area (Å²) < 4.78 is 12.8. The van der Waals surface area contributed by atoms with Gasteiger partial charge in [-0.3, -0.25) is 9.36 Å². The number of imidazole rings is 1. The van der Waals surface area contributed by atoms with E-state index in [9.17, 15) is 4.79 Å². The fraction of sp³-hybridized carbons (Fsp3) is 0.176. The molecule has 0 radical (unpaired) electrons. The Morgan fingerprint density at radius 3 is 2.86 bits per heavy atom. The monoisotopic (exact) mass is 294 g/mol. The van der Waals surface area contributed by atoms with E-state index in [1.54, 1.807) is 0 Å². The first-order chi connectivity index (χ1) is 10.8. The number of carbonyl (C=O) groups excluding carboxylic acids is 1. The average Bonchev–Trinajstić information content (AvgIpc) is 2.95. The van der Waals surface area contributed by atoms with Crippen LogP contribution in [0.4, 0.5) is 0 Å². The molecule has 5 heteroatoms. The summed E-state index contributed by atoms with van der Waals surface area (Å²) in [5.74, 6) is 1.24. The number of carbonyl (C=O) groups is 1. The van der Waals surface area contributed by atoms with E-state index in [1.165, 1.54) is 7.11 Å². The molecule has 22 heavy (non-hydrogen) atoms. The first kappa shape index (κ1) is 12.9. The first-order valence-electron chi connectivity index (χ1n) is 7.08. The third-order valence-electron chi connectivity index (χ3n) is 3.84. The molecule has 1 aliphatic rings. The first-order valence-corrected chi connectivity index (χ1v) is 7.08. The van der Waals surface area contributed by atoms with Crippen LogP contribution in [-0.4, -0.2) is 22.6 Å². The van der Waals surface area contributed by atoms with Gasteiger partial charge in [-0.05, 0) is 24.3 Å². The summed E-state index contributed by atoms with van der Waals surface area (Å²) in [5, 5.41) is 0. The third-order valence-corrected chi connectivity index (χ3v) is 3.84. The largest absolute Gasteiger partial charge is 0.469 e. The fourth-order valence-electron chi connectivity index (χ4n) is 2.84. The number of hydrogen-bond donors (Lipinski definition) is 0. The molecule has 0 N–H and O–H groups in total. The summed E-state index contributed by atoms with van der Waals surface area (Å²) in [6, 6.07) is 15.6. The smallest absolute Gasteiger partial charge is 0.311 e. The summed E-state index contributed by atoms with van der Waals surface area (Å²) in [4.78, 5) is 16.4. The van der Waals surface area contributed by atoms with Crippen molar-refractivity contribution in [3.8, 4) is 17.1 Å². The van der Waals surface area contributed by atoms with E-state index in [2.05, 4.69) is 0 Å². The van der Waals surface area contributed by atoms with Gasteiger partial charge in [-0.25, -0.2) is 4.98 Å². The zero-order valence-corrected chi connectivity index (χ0v) is 12.0. The predicted octanol–water partition coefficient (Wildman–Crippen LogP) is 3.16. The molecule has 1 aromatic heterocycles. The minimum Gasteiger partial charge on any atom is -0.469 e. The summed E-state index contributed by atoms with van der Waals surface area (Å²) in [6.45, 7) is 0. The van der Waals surface area contributed by atoms with Crippen LogP contribution in [0.3, 0.4) is 0 Å². The highest BCUT2D eigenvalue weighted by atomic mass is 16.5. The van der Waals surface area contributed by atoms with Crippen LogP contribution in [0, 0.1) is 0 Å². The molecule has 0 bridgehead atoms. The highest BCUT2D eigenvalue weighted by molar-refractivity contribution is 5.83. The summed E-state index contributed by atoms with van der Waals surface area (Å²) in [7, 11) is 1.38. The van der Waals surface area contributed by atoms with Crippen LogP contribution in [0.1, 0.15) is 12.6 Å². The molecule has 0 amide bonds. The topological polar surface area (TPSA) is 53.4 Å². The van der Waals surface area contributed by atoms with E-state index in [-0.39, 0.29) is 12.4 Å². The van der Waals surface area contributed by atoms with Crippen molar-refractivity contribution in [2.75, 3.05) is 7.11 Å². The van der Waals surface area contributed by atoms with Crippen LogP contribution in [0.15, 0.2) is 48.5 Å². The molecule has 3 aromatic rings. The Kier molecular flexibility index (Phi) is 2.85. The zero-order chi connectivity index (χ0) is 15.1. The number of nitrogens with zero attached hydrogens (tertiary/aromatic N) is 2. The molecule has 0 saturated heterocycles. The van der Waals surface area contributed by atoms with E-state index < -0.39 is 6.23 Å². The second-order valence-electron chi connectivity index (χ2n) is 5.14. The lowest BCUT2D eigenvalue weighted by atomic mass is 10.1. The predicted molar refractivity (Wildman–Crippen MR) is 81.5 cm³/mol. The van der Waals surface area contributed by atoms with Gasteiger partial charge in [0, 0.05) is 0 Å². The highest BCUT2D eigenvalue weighted by Gasteiger charge is 2.30. The molecule has 4 rings (SSSR count). The number of fused-ring (bicyclic) bond motifs is 5. The van der Waals surface area contributed by atoms with Crippen molar-refractivity contribution in [1.82, 2.24) is 9.55 Å². The van der Waals surface area contributed by atoms with Gasteiger partial charge in [0.15, 0.2) is 6.23 Å². The highest BCUT2D eigenvalue weighted by Crippen LogP contribution is 2.40. The SMILES string of the molecule is COC(=O)CC1Oc2ccccc2-c2nc3ccccc3n21. The van der Waals surface area contributed by atoms with E-state index >= 15 is 0 Å². The van der Waals surface area contributed by atoms with Gasteiger partial charge in [0.25, 0.3) is 0 Å². The lowest BCUT2D eigenvalue weighted by Gasteiger charge is -2.28. The van der Waals surface area contributed by atoms with Crippen molar-refractivity contribution in [2.24, 2.45) is 0 Å². The molecule has 0 saturated carbocycles. The Morgan fingerprint density at radius 2 is 2.00 bits per heavy atom. The lowest BCUT2D eigenvalue weighted by Crippen LogP contribution is -2.24. The van der Waals surface area contributed by atoms with Gasteiger partial charge in [-0.1, -0.05) is 24.3 Å². The quantitative estimate of drug-likeness (QED) is 0.681. The number of para-hydroxylation sites is 3. The standard InChI is InChI=1S/C17H14N2O3/c1-21-16(20)10-15-19-13-8-4-3-7-12(13)18-17(19)11-6-2-5-9-14(11)22-15/h2-9,15H,10H2,1H3. The number of hydrogen-bond acceptors (Lipinski definition) is 4. The number of benzene rings is 2. The molecule has 1 unspecified atom stereocenters. The van der Waals surface area contributed by atoms with E-state index in [0.29, 0.717) is 0 Å². The molecule has 0 spiro atoms. The Labute approximate surface area is 127 Å². The fourth-order valence-corrected chi connectivity index (χ4v) is 2.84. The number of methoxy groups -OCH3 is 1. The molecular weight excluding hydrogens is 280 g/mol. The van der Waals surface area contributed by atoms with Crippen LogP contribution in [0.5, 0.6) is 5.75 Å². The van der Waals surface area contributed by atoms with Crippen molar-refractivity contribution in [1.29, 1.82) is 0 Å². The minimum atomic E-state index is -0.454. The normalized spacial score (nSPS) is 15.8. The Hall–Kier alpha value is -2.82. The molecular formula is C17H14N2O3. The maximum absolute atomic E-state index is 11.7. The van der Waals surface area contributed by atoms with E-state index in [1.807, 2.05) is 53.1 Å². The minimum absolute atomic E-state index is 0.137. The second-order valence-corrected chi connectivity index (χ2v) is 5.14. The van der Waals surface area contributed by atoms with Gasteiger partial charge < -0.3 is 9.47 Å². The van der Waals surface area contributed by atoms with Gasteiger partial charge in [0.1, 0.15) is 18.0 Å². The van der Waals surface area contributed by atoms with Crippen molar-refractivity contribution < 1.29 is 14.3 Å². The van der Waals surface area contributed by atoms with Crippen LogP contribution in [0.25, 0.3) is 22.4 Å². The van der Waals surface area contributed by atoms with Crippen molar-refractivity contribution in [3.05, 3.63) is 48.5 Å². The molecule has 0 aliphatic carbocycles. The van der Waals surface area contributed by atoms with Gasteiger partial charge in [0.05, 0.1) is 23.7 Å². The maximum Gasteiger partial charge on any atom is 0.311 e. The van der Waals surface area contributed by atoms with Crippen LogP contribution < -0.4 is 4.74 Å². The van der Waals surface area contributed by atoms with Crippen molar-refractivity contribution in [2.45, 2.75) is 12.6 Å². The molecule has 1 atom stereocenters. The van der Waals surface area contributed by atoms with Crippen LogP contribution in [0.2, 0.25) is 0 Å². The Balaban J connectivity index is 1.95. The number of rotatable bonds is 2. The van der Waals surface area contributed by atoms with Gasteiger partial charge in [0.2, 0.25) is 0 Å². The average molecular weight is 294 g/mol. The number of aromatic nitrogens is 2. The lowest BCUT2D eigenvalue weighted by molar-refractivity contribution is -0.143. The van der Waals surface area contributed by atoms with E-state index in [4.69, 9.17) is 14.5 Å². The van der Waals surface area contributed by atoms with Crippen LogP contribution in [-0.2, 0) is 9.53 Å². The van der Waals surface area contributed by atoms with Crippen molar-refractivity contribution in [3.63, 3.8) is 0 Å². The second kappa shape index (κ2) is 4.87. The summed E-state index contributed by atoms with van der Waals surface area (Å²) >= 11 is 0. The Bertz CT molecular complexity index is 869. The summed E-state index contributed by atoms with van der Waals surface area (Å²) in [5.41, 5.74) is 2.76. The molecule has 110 valence electrons. The number of esters is 1. The van der Waals surface area contributed by atoms with Gasteiger partial charge in [-0.2, -0.15) is 0 Å². The molecule has 2 aromatic carbocycles. The molecule has 2 heterocycles. The molecule has 5 nitrogen and oxygen atoms in total.